The van der Waals surface area contributed by atoms with Crippen molar-refractivity contribution in [2.75, 3.05) is 33.4 Å². The molecule has 0 bridgehead atoms. The Balaban J connectivity index is 1.53. The average Bonchev–Trinajstić information content (AvgIpc) is 2.81. The number of hydrogen-bond donors (Lipinski definition) is 1. The van der Waals surface area contributed by atoms with Crippen molar-refractivity contribution in [3.8, 4) is 0 Å². The van der Waals surface area contributed by atoms with Gasteiger partial charge in [0, 0.05) is 44.8 Å². The molecule has 1 N–H and O–H groups in total. The largest absolute Gasteiger partial charge is 0.385 e. The quantitative estimate of drug-likeness (QED) is 0.647. The minimum atomic E-state index is -0.00933. The number of aryl methyl sites for hydroxylation is 2. The van der Waals surface area contributed by atoms with Crippen LogP contribution in [0.5, 0.6) is 0 Å². The van der Waals surface area contributed by atoms with Crippen molar-refractivity contribution in [1.82, 2.24) is 10.2 Å². The van der Waals surface area contributed by atoms with Crippen LogP contribution in [-0.2, 0) is 22.4 Å². The van der Waals surface area contributed by atoms with Crippen molar-refractivity contribution >= 4 is 11.8 Å². The number of benzene rings is 2. The first-order valence-corrected chi connectivity index (χ1v) is 10.9. The van der Waals surface area contributed by atoms with Crippen LogP contribution in [0.15, 0.2) is 54.6 Å². The minimum Gasteiger partial charge on any atom is -0.385 e. The summed E-state index contributed by atoms with van der Waals surface area (Å²) < 4.78 is 5.01. The Morgan fingerprint density at radius 3 is 2.43 bits per heavy atom. The van der Waals surface area contributed by atoms with Gasteiger partial charge in [-0.05, 0) is 49.3 Å². The second-order valence-electron chi connectivity index (χ2n) is 7.85. The van der Waals surface area contributed by atoms with E-state index in [1.807, 2.05) is 41.3 Å². The molecule has 2 amide bonds. The van der Waals surface area contributed by atoms with Crippen LogP contribution in [0.1, 0.15) is 40.7 Å². The van der Waals surface area contributed by atoms with Gasteiger partial charge in [-0.25, -0.2) is 0 Å². The lowest BCUT2D eigenvalue weighted by molar-refractivity contribution is -0.126. The van der Waals surface area contributed by atoms with Gasteiger partial charge in [-0.1, -0.05) is 48.5 Å². The van der Waals surface area contributed by atoms with Gasteiger partial charge in [-0.3, -0.25) is 9.59 Å². The van der Waals surface area contributed by atoms with Crippen LogP contribution in [0.4, 0.5) is 0 Å². The molecule has 160 valence electrons. The van der Waals surface area contributed by atoms with Crippen molar-refractivity contribution in [1.29, 1.82) is 0 Å². The second kappa shape index (κ2) is 11.5. The first-order valence-electron chi connectivity index (χ1n) is 10.9. The fraction of sp³-hybridized carbons (Fsp3) is 0.440. The van der Waals surface area contributed by atoms with E-state index in [1.54, 1.807) is 7.11 Å². The number of nitrogens with one attached hydrogen (secondary N) is 1. The molecule has 1 fully saturated rings. The molecule has 30 heavy (non-hydrogen) atoms. The third kappa shape index (κ3) is 6.17. The van der Waals surface area contributed by atoms with Gasteiger partial charge in [0.25, 0.3) is 5.91 Å². The smallest absolute Gasteiger partial charge is 0.254 e. The highest BCUT2D eigenvalue weighted by Gasteiger charge is 2.28. The normalized spacial score (nSPS) is 14.5. The van der Waals surface area contributed by atoms with Crippen molar-refractivity contribution < 1.29 is 14.3 Å². The lowest BCUT2D eigenvalue weighted by Crippen LogP contribution is -2.43. The van der Waals surface area contributed by atoms with E-state index in [1.165, 1.54) is 5.56 Å². The highest BCUT2D eigenvalue weighted by atomic mass is 16.5. The minimum absolute atomic E-state index is 0.00933. The Kier molecular flexibility index (Phi) is 8.45. The van der Waals surface area contributed by atoms with E-state index in [0.29, 0.717) is 39.1 Å². The second-order valence-corrected chi connectivity index (χ2v) is 7.85. The van der Waals surface area contributed by atoms with Gasteiger partial charge < -0.3 is 15.0 Å². The van der Waals surface area contributed by atoms with Crippen molar-refractivity contribution in [3.05, 3.63) is 71.3 Å². The van der Waals surface area contributed by atoms with E-state index in [0.717, 1.165) is 30.4 Å². The van der Waals surface area contributed by atoms with Crippen LogP contribution in [0.25, 0.3) is 0 Å². The van der Waals surface area contributed by atoms with E-state index in [4.69, 9.17) is 4.74 Å². The molecule has 0 atom stereocenters. The predicted molar refractivity (Wildman–Crippen MR) is 118 cm³/mol. The van der Waals surface area contributed by atoms with Gasteiger partial charge in [-0.2, -0.15) is 0 Å². The highest BCUT2D eigenvalue weighted by molar-refractivity contribution is 5.96. The number of ether oxygens (including phenoxy) is 1. The number of piperidine rings is 1. The van der Waals surface area contributed by atoms with E-state index < -0.39 is 0 Å². The summed E-state index contributed by atoms with van der Waals surface area (Å²) in [5.74, 6) is 0.170. The number of carbonyl (C=O) groups excluding carboxylic acids is 2. The third-order valence-corrected chi connectivity index (χ3v) is 5.75. The Hall–Kier alpha value is -2.66. The molecule has 5 heteroatoms. The molecular weight excluding hydrogens is 376 g/mol. The Labute approximate surface area is 179 Å². The molecule has 0 spiro atoms. The summed E-state index contributed by atoms with van der Waals surface area (Å²) in [6.45, 7) is 2.54. The molecule has 5 nitrogen and oxygen atoms in total. The zero-order chi connectivity index (χ0) is 21.2. The van der Waals surface area contributed by atoms with E-state index in [9.17, 15) is 9.59 Å². The van der Waals surface area contributed by atoms with E-state index in [2.05, 4.69) is 23.5 Å². The SMILES string of the molecule is COCCCNC(=O)C1CCN(C(=O)c2ccccc2CCc2ccccc2)CC1. The average molecular weight is 409 g/mol. The van der Waals surface area contributed by atoms with Gasteiger partial charge in [0.1, 0.15) is 0 Å². The van der Waals surface area contributed by atoms with Gasteiger partial charge in [0.15, 0.2) is 0 Å². The number of methoxy groups -OCH3 is 1. The van der Waals surface area contributed by atoms with Crippen molar-refractivity contribution in [3.63, 3.8) is 0 Å². The van der Waals surface area contributed by atoms with E-state index >= 15 is 0 Å². The van der Waals surface area contributed by atoms with Crippen LogP contribution in [-0.4, -0.2) is 50.1 Å². The van der Waals surface area contributed by atoms with Gasteiger partial charge in [0.2, 0.25) is 5.91 Å². The number of likely N-dealkylation sites (tertiary alicyclic amines) is 1. The first-order chi connectivity index (χ1) is 14.7. The number of rotatable bonds is 9. The zero-order valence-electron chi connectivity index (χ0n) is 17.8. The molecular formula is C25H32N2O3. The summed E-state index contributed by atoms with van der Waals surface area (Å²) in [6, 6.07) is 18.3. The van der Waals surface area contributed by atoms with Crippen LogP contribution in [0.3, 0.4) is 0 Å². The number of hydrogen-bond acceptors (Lipinski definition) is 3. The van der Waals surface area contributed by atoms with Gasteiger partial charge in [-0.15, -0.1) is 0 Å². The molecule has 2 aromatic rings. The maximum atomic E-state index is 13.2. The Morgan fingerprint density at radius 1 is 1.00 bits per heavy atom. The molecule has 0 saturated carbocycles. The molecule has 0 unspecified atom stereocenters. The number of amides is 2. The third-order valence-electron chi connectivity index (χ3n) is 5.75. The highest BCUT2D eigenvalue weighted by Crippen LogP contribution is 2.21. The molecule has 1 heterocycles. The molecule has 2 aromatic carbocycles. The predicted octanol–water partition coefficient (Wildman–Crippen LogP) is 3.48. The maximum Gasteiger partial charge on any atom is 0.254 e. The summed E-state index contributed by atoms with van der Waals surface area (Å²) in [4.78, 5) is 27.4. The molecule has 0 aromatic heterocycles. The van der Waals surface area contributed by atoms with Crippen LogP contribution < -0.4 is 5.32 Å². The summed E-state index contributed by atoms with van der Waals surface area (Å²) >= 11 is 0. The molecule has 0 aliphatic carbocycles. The Morgan fingerprint density at radius 2 is 1.70 bits per heavy atom. The molecule has 3 rings (SSSR count). The molecule has 1 saturated heterocycles. The first kappa shape index (κ1) is 22.0. The zero-order valence-corrected chi connectivity index (χ0v) is 17.8. The van der Waals surface area contributed by atoms with Crippen molar-refractivity contribution in [2.45, 2.75) is 32.1 Å². The van der Waals surface area contributed by atoms with Crippen LogP contribution in [0.2, 0.25) is 0 Å². The molecule has 1 aliphatic rings. The maximum absolute atomic E-state index is 13.2. The molecule has 0 radical (unpaired) electrons. The van der Waals surface area contributed by atoms with Crippen molar-refractivity contribution in [2.24, 2.45) is 5.92 Å². The summed E-state index contributed by atoms with van der Waals surface area (Å²) in [7, 11) is 1.66. The fourth-order valence-electron chi connectivity index (χ4n) is 3.96. The summed E-state index contributed by atoms with van der Waals surface area (Å²) in [5.41, 5.74) is 3.15. The standard InChI is InChI=1S/C25H32N2O3/c1-30-19-7-16-26-24(28)22-14-17-27(18-15-22)25(29)23-11-6-5-10-21(23)13-12-20-8-3-2-4-9-20/h2-6,8-11,22H,7,12-19H2,1H3,(H,26,28). The Bertz CT molecular complexity index is 814. The van der Waals surface area contributed by atoms with Crippen LogP contribution >= 0.6 is 0 Å². The molecule has 1 aliphatic heterocycles. The van der Waals surface area contributed by atoms with Crippen LogP contribution in [0, 0.1) is 5.92 Å². The lowest BCUT2D eigenvalue weighted by atomic mass is 9.94. The monoisotopic (exact) mass is 408 g/mol. The number of nitrogens with zero attached hydrogens (tertiary/aromatic N) is 1. The lowest BCUT2D eigenvalue weighted by Gasteiger charge is -2.32. The summed E-state index contributed by atoms with van der Waals surface area (Å²) in [6.07, 6.45) is 4.00. The van der Waals surface area contributed by atoms with E-state index in [-0.39, 0.29) is 17.7 Å². The fourth-order valence-corrected chi connectivity index (χ4v) is 3.96. The van der Waals surface area contributed by atoms with Gasteiger partial charge in [0.05, 0.1) is 0 Å². The van der Waals surface area contributed by atoms with Gasteiger partial charge >= 0.3 is 0 Å². The number of carbonyl (C=O) groups is 2. The summed E-state index contributed by atoms with van der Waals surface area (Å²) in [5, 5.41) is 2.98. The topological polar surface area (TPSA) is 58.6 Å².